The second-order valence-corrected chi connectivity index (χ2v) is 8.90. The number of methoxy groups -OCH3 is 1. The lowest BCUT2D eigenvalue weighted by Crippen LogP contribution is -2.25. The highest BCUT2D eigenvalue weighted by Gasteiger charge is 2.18. The highest BCUT2D eigenvalue weighted by molar-refractivity contribution is 9.11. The summed E-state index contributed by atoms with van der Waals surface area (Å²) >= 11 is 10.2. The zero-order valence-corrected chi connectivity index (χ0v) is 20.9. The van der Waals surface area contributed by atoms with Crippen LogP contribution in [0.4, 0.5) is 0 Å². The summed E-state index contributed by atoms with van der Waals surface area (Å²) in [6, 6.07) is 8.86. The van der Waals surface area contributed by atoms with E-state index in [1.165, 1.54) is 11.8 Å². The minimum absolute atomic E-state index is 0.264. The van der Waals surface area contributed by atoms with Crippen LogP contribution in [0.15, 0.2) is 53.6 Å². The Bertz CT molecular complexity index is 1200. The number of hydrogen-bond donors (Lipinski definition) is 0. The van der Waals surface area contributed by atoms with Crippen molar-refractivity contribution in [3.63, 3.8) is 0 Å². The minimum atomic E-state index is -0.772. The number of ether oxygens (including phenoxy) is 2. The third-order valence-corrected chi connectivity index (χ3v) is 5.81. The Morgan fingerprint density at radius 2 is 1.87 bits per heavy atom. The number of benzene rings is 2. The van der Waals surface area contributed by atoms with E-state index >= 15 is 0 Å². The molecule has 156 valence electrons. The Balaban J connectivity index is 1.95. The van der Waals surface area contributed by atoms with E-state index < -0.39 is 12.1 Å². The lowest BCUT2D eigenvalue weighted by molar-refractivity contribution is -0.147. The van der Waals surface area contributed by atoms with Crippen LogP contribution in [0, 0.1) is 6.92 Å². The molecule has 0 fully saturated rings. The second-order valence-electron chi connectivity index (χ2n) is 6.28. The van der Waals surface area contributed by atoms with Gasteiger partial charge in [0.15, 0.2) is 6.10 Å². The van der Waals surface area contributed by atoms with Gasteiger partial charge in [0.25, 0.3) is 5.56 Å². The first kappa shape index (κ1) is 22.6. The number of halogens is 3. The summed E-state index contributed by atoms with van der Waals surface area (Å²) in [6.45, 7) is 3.32. The van der Waals surface area contributed by atoms with Gasteiger partial charge in [0, 0.05) is 4.47 Å². The van der Waals surface area contributed by atoms with Crippen molar-refractivity contribution in [3.8, 4) is 5.75 Å². The molecule has 0 N–H and O–H groups in total. The molecule has 7 nitrogen and oxygen atoms in total. The van der Waals surface area contributed by atoms with Crippen molar-refractivity contribution in [2.24, 2.45) is 5.10 Å². The van der Waals surface area contributed by atoms with E-state index in [0.717, 1.165) is 4.47 Å². The average Bonchev–Trinajstić information content (AvgIpc) is 2.70. The van der Waals surface area contributed by atoms with Gasteiger partial charge < -0.3 is 9.47 Å². The summed E-state index contributed by atoms with van der Waals surface area (Å²) < 4.78 is 13.6. The molecule has 0 amide bonds. The van der Waals surface area contributed by atoms with E-state index in [-0.39, 0.29) is 5.56 Å². The Hall–Kier alpha value is -2.04. The lowest BCUT2D eigenvalue weighted by Gasteiger charge is -2.15. The molecule has 10 heteroatoms. The molecule has 3 rings (SSSR count). The van der Waals surface area contributed by atoms with Gasteiger partial charge in [-0.1, -0.05) is 15.9 Å². The molecule has 0 aliphatic heterocycles. The highest BCUT2D eigenvalue weighted by atomic mass is 79.9. The third-order valence-electron chi connectivity index (χ3n) is 4.14. The van der Waals surface area contributed by atoms with Gasteiger partial charge >= 0.3 is 5.97 Å². The van der Waals surface area contributed by atoms with Crippen LogP contribution >= 0.6 is 47.8 Å². The summed E-state index contributed by atoms with van der Waals surface area (Å²) in [5.74, 6) is 0.441. The van der Waals surface area contributed by atoms with E-state index in [2.05, 4.69) is 62.6 Å². The van der Waals surface area contributed by atoms with Crippen LogP contribution in [-0.4, -0.2) is 35.1 Å². The third kappa shape index (κ3) is 4.81. The smallest absolute Gasteiger partial charge is 0.346 e. The fourth-order valence-electron chi connectivity index (χ4n) is 2.68. The Labute approximate surface area is 197 Å². The summed E-state index contributed by atoms with van der Waals surface area (Å²) in [5, 5.41) is 4.78. The number of aromatic nitrogens is 2. The van der Waals surface area contributed by atoms with E-state index in [1.54, 1.807) is 44.3 Å². The maximum Gasteiger partial charge on any atom is 0.346 e. The first-order chi connectivity index (χ1) is 14.2. The van der Waals surface area contributed by atoms with Crippen molar-refractivity contribution >= 4 is 70.9 Å². The van der Waals surface area contributed by atoms with Gasteiger partial charge in [-0.15, -0.1) is 0 Å². The van der Waals surface area contributed by atoms with Crippen molar-refractivity contribution in [1.82, 2.24) is 9.66 Å². The van der Waals surface area contributed by atoms with Crippen molar-refractivity contribution in [1.29, 1.82) is 0 Å². The van der Waals surface area contributed by atoms with Crippen LogP contribution < -0.4 is 10.3 Å². The predicted octanol–water partition coefficient (Wildman–Crippen LogP) is 4.81. The van der Waals surface area contributed by atoms with E-state index in [1.807, 2.05) is 6.07 Å². The molecule has 0 bridgehead atoms. The summed E-state index contributed by atoms with van der Waals surface area (Å²) in [6.07, 6.45) is 0.773. The normalized spacial score (nSPS) is 12.3. The summed E-state index contributed by atoms with van der Waals surface area (Å²) in [4.78, 5) is 28.9. The van der Waals surface area contributed by atoms with Crippen LogP contribution in [0.1, 0.15) is 18.3 Å². The standard InChI is InChI=1S/C20H16Br3N3O4/c1-10(20(28)29-3)30-18-15(22)6-12(7-16(18)23)9-24-26-11(2)25-17-5-4-13(21)8-14(17)19(26)27/h4-10H,1-3H3/t10-/m0/s1. The van der Waals surface area contributed by atoms with Crippen LogP contribution in [-0.2, 0) is 9.53 Å². The van der Waals surface area contributed by atoms with Crippen LogP contribution in [0.5, 0.6) is 5.75 Å². The molecule has 0 spiro atoms. The highest BCUT2D eigenvalue weighted by Crippen LogP contribution is 2.35. The summed E-state index contributed by atoms with van der Waals surface area (Å²) in [5.41, 5.74) is 1.05. The number of aryl methyl sites for hydroxylation is 1. The van der Waals surface area contributed by atoms with Gasteiger partial charge in [-0.3, -0.25) is 4.79 Å². The molecule has 1 heterocycles. The molecule has 0 saturated heterocycles. The van der Waals surface area contributed by atoms with Crippen molar-refractivity contribution in [3.05, 3.63) is 65.5 Å². The van der Waals surface area contributed by atoms with Crippen LogP contribution in [0.3, 0.4) is 0 Å². The van der Waals surface area contributed by atoms with Gasteiger partial charge in [0.2, 0.25) is 0 Å². The number of fused-ring (bicyclic) bond motifs is 1. The van der Waals surface area contributed by atoms with Gasteiger partial charge in [-0.05, 0) is 81.6 Å². The maximum absolute atomic E-state index is 12.8. The van der Waals surface area contributed by atoms with Gasteiger partial charge in [-0.2, -0.15) is 9.78 Å². The lowest BCUT2D eigenvalue weighted by atomic mass is 10.2. The van der Waals surface area contributed by atoms with Crippen molar-refractivity contribution in [2.45, 2.75) is 20.0 Å². The zero-order valence-electron chi connectivity index (χ0n) is 16.1. The Morgan fingerprint density at radius 3 is 2.50 bits per heavy atom. The first-order valence-electron chi connectivity index (χ1n) is 8.68. The molecule has 0 saturated carbocycles. The zero-order chi connectivity index (χ0) is 22.0. The van der Waals surface area contributed by atoms with Gasteiger partial charge in [-0.25, -0.2) is 9.78 Å². The van der Waals surface area contributed by atoms with Crippen molar-refractivity contribution in [2.75, 3.05) is 7.11 Å². The predicted molar refractivity (Wildman–Crippen MR) is 125 cm³/mol. The number of carbonyl (C=O) groups is 1. The quantitative estimate of drug-likeness (QED) is 0.310. The van der Waals surface area contributed by atoms with Gasteiger partial charge in [0.1, 0.15) is 11.6 Å². The fraction of sp³-hybridized carbons (Fsp3) is 0.200. The fourth-order valence-corrected chi connectivity index (χ4v) is 4.45. The molecule has 0 radical (unpaired) electrons. The number of nitrogens with zero attached hydrogens (tertiary/aromatic N) is 3. The van der Waals surface area contributed by atoms with E-state index in [4.69, 9.17) is 4.74 Å². The first-order valence-corrected chi connectivity index (χ1v) is 11.1. The Morgan fingerprint density at radius 1 is 1.20 bits per heavy atom. The largest absolute Gasteiger partial charge is 0.477 e. The molecule has 1 atom stereocenters. The molecule has 0 aliphatic rings. The number of rotatable bonds is 5. The monoisotopic (exact) mass is 599 g/mol. The minimum Gasteiger partial charge on any atom is -0.477 e. The SMILES string of the molecule is COC(=O)[C@H](C)Oc1c(Br)cc(C=Nn2c(C)nc3ccc(Br)cc3c2=O)cc1Br. The van der Waals surface area contributed by atoms with E-state index in [0.29, 0.717) is 37.0 Å². The molecule has 0 unspecified atom stereocenters. The molecule has 3 aromatic rings. The number of hydrogen-bond acceptors (Lipinski definition) is 6. The molecule has 30 heavy (non-hydrogen) atoms. The second kappa shape index (κ2) is 9.40. The molecule has 1 aromatic heterocycles. The molecule has 0 aliphatic carbocycles. The van der Waals surface area contributed by atoms with E-state index in [9.17, 15) is 9.59 Å². The number of carbonyl (C=O) groups excluding carboxylic acids is 1. The van der Waals surface area contributed by atoms with Crippen LogP contribution in [0.25, 0.3) is 10.9 Å². The van der Waals surface area contributed by atoms with Crippen molar-refractivity contribution < 1.29 is 14.3 Å². The average molecular weight is 602 g/mol. The maximum atomic E-state index is 12.8. The van der Waals surface area contributed by atoms with Gasteiger partial charge in [0.05, 0.1) is 33.2 Å². The number of esters is 1. The summed E-state index contributed by atoms with van der Waals surface area (Å²) in [7, 11) is 1.30. The molecular formula is C20H16Br3N3O4. The molecular weight excluding hydrogens is 586 g/mol. The topological polar surface area (TPSA) is 82.8 Å². The van der Waals surface area contributed by atoms with Crippen LogP contribution in [0.2, 0.25) is 0 Å². The Kier molecular flexibility index (Phi) is 7.10. The molecule has 2 aromatic carbocycles.